The molecule has 0 aliphatic carbocycles. The van der Waals surface area contributed by atoms with Gasteiger partial charge in [-0.15, -0.1) is 0 Å². The van der Waals surface area contributed by atoms with E-state index in [-0.39, 0.29) is 10.9 Å². The van der Waals surface area contributed by atoms with Gasteiger partial charge in [-0.1, -0.05) is 34.1 Å². The minimum absolute atomic E-state index is 0.262. The second-order valence-electron chi connectivity index (χ2n) is 4.41. The van der Waals surface area contributed by atoms with Gasteiger partial charge in [-0.2, -0.15) is 0 Å². The molecule has 106 valence electrons. The Hall–Kier alpha value is -1.24. The number of nitrogens with zero attached hydrogens (tertiary/aromatic N) is 1. The van der Waals surface area contributed by atoms with Crippen LogP contribution in [0.4, 0.5) is 0 Å². The van der Waals surface area contributed by atoms with Crippen molar-refractivity contribution in [3.05, 3.63) is 59.9 Å². The van der Waals surface area contributed by atoms with Gasteiger partial charge in [0.25, 0.3) is 0 Å². The van der Waals surface area contributed by atoms with E-state index in [0.29, 0.717) is 5.33 Å². The first-order valence-electron chi connectivity index (χ1n) is 6.10. The van der Waals surface area contributed by atoms with Crippen molar-refractivity contribution >= 4 is 26.0 Å². The van der Waals surface area contributed by atoms with Crippen LogP contribution in [0.3, 0.4) is 0 Å². The minimum Gasteiger partial charge on any atom is -0.264 e. The van der Waals surface area contributed by atoms with E-state index >= 15 is 0 Å². The molecule has 1 aromatic carbocycles. The van der Waals surface area contributed by atoms with Crippen molar-refractivity contribution in [3.63, 3.8) is 0 Å². The van der Waals surface area contributed by atoms with Gasteiger partial charge in [-0.05, 0) is 36.2 Å². The summed E-state index contributed by atoms with van der Waals surface area (Å²) in [6, 6.07) is 10.1. The predicted octanol–water partition coefficient (Wildman–Crippen LogP) is 3.02. The van der Waals surface area contributed by atoms with E-state index in [0.717, 1.165) is 11.1 Å². The van der Waals surface area contributed by atoms with E-state index in [9.17, 15) is 8.42 Å². The Kier molecular flexibility index (Phi) is 4.91. The van der Waals surface area contributed by atoms with Gasteiger partial charge in [0.05, 0.1) is 4.90 Å². The number of benzene rings is 1. The Bertz CT molecular complexity index is 657. The highest BCUT2D eigenvalue weighted by atomic mass is 79.9. The quantitative estimate of drug-likeness (QED) is 0.839. The number of hydrogen-bond acceptors (Lipinski definition) is 3. The van der Waals surface area contributed by atoms with Crippen LogP contribution in [-0.4, -0.2) is 13.4 Å². The van der Waals surface area contributed by atoms with Crippen LogP contribution in [-0.2, 0) is 15.4 Å². The number of pyridine rings is 1. The lowest BCUT2D eigenvalue weighted by atomic mass is 10.2. The molecule has 0 aliphatic rings. The summed E-state index contributed by atoms with van der Waals surface area (Å²) in [5.41, 5.74) is 1.86. The molecule has 0 bridgehead atoms. The molecule has 0 unspecified atom stereocenters. The van der Waals surface area contributed by atoms with Gasteiger partial charge in [0, 0.05) is 23.8 Å². The van der Waals surface area contributed by atoms with Crippen molar-refractivity contribution in [2.45, 2.75) is 23.2 Å². The van der Waals surface area contributed by atoms with Crippen LogP contribution in [0, 0.1) is 0 Å². The van der Waals surface area contributed by atoms with E-state index < -0.39 is 10.0 Å². The van der Waals surface area contributed by atoms with Crippen LogP contribution in [0.1, 0.15) is 24.1 Å². The van der Waals surface area contributed by atoms with Gasteiger partial charge >= 0.3 is 0 Å². The minimum atomic E-state index is -3.53. The molecule has 1 heterocycles. The van der Waals surface area contributed by atoms with Crippen LogP contribution in [0.15, 0.2) is 53.7 Å². The largest absolute Gasteiger partial charge is 0.264 e. The zero-order valence-corrected chi connectivity index (χ0v) is 13.4. The van der Waals surface area contributed by atoms with E-state index in [1.165, 1.54) is 0 Å². The summed E-state index contributed by atoms with van der Waals surface area (Å²) in [4.78, 5) is 4.25. The Labute approximate surface area is 127 Å². The fraction of sp³-hybridized carbons (Fsp3) is 0.214. The molecule has 20 heavy (non-hydrogen) atoms. The molecule has 0 saturated carbocycles. The normalized spacial score (nSPS) is 13.1. The smallest absolute Gasteiger partial charge is 0.241 e. The number of nitrogens with one attached hydrogen (secondary N) is 1. The molecular weight excluding hydrogens is 340 g/mol. The highest BCUT2D eigenvalue weighted by Crippen LogP contribution is 2.17. The molecule has 1 atom stereocenters. The second kappa shape index (κ2) is 6.47. The van der Waals surface area contributed by atoms with Crippen molar-refractivity contribution in [3.8, 4) is 0 Å². The lowest BCUT2D eigenvalue weighted by molar-refractivity contribution is 0.566. The van der Waals surface area contributed by atoms with Crippen LogP contribution in [0.25, 0.3) is 0 Å². The maximum absolute atomic E-state index is 12.3. The molecule has 1 N–H and O–H groups in total. The van der Waals surface area contributed by atoms with E-state index in [2.05, 4.69) is 25.6 Å². The molecule has 0 aliphatic heterocycles. The molecule has 4 nitrogen and oxygen atoms in total. The molecule has 0 amide bonds. The van der Waals surface area contributed by atoms with Gasteiger partial charge in [-0.3, -0.25) is 4.98 Å². The molecule has 0 saturated heterocycles. The number of sulfonamides is 1. The van der Waals surface area contributed by atoms with E-state index in [1.807, 2.05) is 6.07 Å². The second-order valence-corrected chi connectivity index (χ2v) is 6.68. The molecular formula is C14H15BrN2O2S. The monoisotopic (exact) mass is 354 g/mol. The fourth-order valence-electron chi connectivity index (χ4n) is 1.76. The van der Waals surface area contributed by atoms with Gasteiger partial charge in [-0.25, -0.2) is 13.1 Å². The highest BCUT2D eigenvalue weighted by molar-refractivity contribution is 9.08. The van der Waals surface area contributed by atoms with Gasteiger partial charge in [0.1, 0.15) is 0 Å². The van der Waals surface area contributed by atoms with Gasteiger partial charge in [0.15, 0.2) is 0 Å². The maximum atomic E-state index is 12.3. The molecule has 2 rings (SSSR count). The Morgan fingerprint density at radius 3 is 2.50 bits per heavy atom. The third-order valence-electron chi connectivity index (χ3n) is 2.90. The number of aromatic nitrogens is 1. The van der Waals surface area contributed by atoms with Gasteiger partial charge in [0.2, 0.25) is 10.0 Å². The van der Waals surface area contributed by atoms with Crippen LogP contribution < -0.4 is 4.72 Å². The third-order valence-corrected chi connectivity index (χ3v) is 5.11. The number of rotatable bonds is 5. The average molecular weight is 355 g/mol. The molecule has 0 fully saturated rings. The first-order chi connectivity index (χ1) is 9.53. The Balaban J connectivity index is 2.18. The molecule has 1 aromatic heterocycles. The standard InChI is InChI=1S/C14H15BrN2O2S/c1-11(13-3-2-8-16-10-13)17-20(18,19)14-6-4-12(9-15)5-7-14/h2-8,10-11,17H,9H2,1H3/t11-/m0/s1. The molecule has 0 spiro atoms. The fourth-order valence-corrected chi connectivity index (χ4v) is 3.36. The van der Waals surface area contributed by atoms with Crippen molar-refractivity contribution in [1.29, 1.82) is 0 Å². The first kappa shape index (κ1) is 15.2. The molecule has 2 aromatic rings. The van der Waals surface area contributed by atoms with Gasteiger partial charge < -0.3 is 0 Å². The van der Waals surface area contributed by atoms with E-state index in [4.69, 9.17) is 0 Å². The topological polar surface area (TPSA) is 59.1 Å². The predicted molar refractivity (Wildman–Crippen MR) is 82.0 cm³/mol. The van der Waals surface area contributed by atoms with Crippen molar-refractivity contribution in [2.75, 3.05) is 0 Å². The summed E-state index contributed by atoms with van der Waals surface area (Å²) in [6.07, 6.45) is 3.31. The van der Waals surface area contributed by atoms with Crippen molar-refractivity contribution in [1.82, 2.24) is 9.71 Å². The summed E-state index contributed by atoms with van der Waals surface area (Å²) in [5.74, 6) is 0. The zero-order chi connectivity index (χ0) is 14.6. The van der Waals surface area contributed by atoms with Crippen molar-refractivity contribution in [2.24, 2.45) is 0 Å². The zero-order valence-electron chi connectivity index (χ0n) is 11.0. The molecule has 0 radical (unpaired) electrons. The first-order valence-corrected chi connectivity index (χ1v) is 8.70. The third kappa shape index (κ3) is 3.65. The SMILES string of the molecule is C[C@H](NS(=O)(=O)c1ccc(CBr)cc1)c1cccnc1. The lowest BCUT2D eigenvalue weighted by Crippen LogP contribution is -2.26. The number of alkyl halides is 1. The Morgan fingerprint density at radius 2 is 1.95 bits per heavy atom. The summed E-state index contributed by atoms with van der Waals surface area (Å²) in [5, 5.41) is 0.701. The highest BCUT2D eigenvalue weighted by Gasteiger charge is 2.18. The summed E-state index contributed by atoms with van der Waals surface area (Å²) < 4.78 is 27.2. The lowest BCUT2D eigenvalue weighted by Gasteiger charge is -2.14. The van der Waals surface area contributed by atoms with Crippen LogP contribution >= 0.6 is 15.9 Å². The number of halogens is 1. The maximum Gasteiger partial charge on any atom is 0.241 e. The summed E-state index contributed by atoms with van der Waals surface area (Å²) in [7, 11) is -3.53. The Morgan fingerprint density at radius 1 is 1.25 bits per heavy atom. The van der Waals surface area contributed by atoms with Crippen LogP contribution in [0.5, 0.6) is 0 Å². The summed E-state index contributed by atoms with van der Waals surface area (Å²) >= 11 is 3.33. The average Bonchev–Trinajstić information content (AvgIpc) is 2.48. The van der Waals surface area contributed by atoms with E-state index in [1.54, 1.807) is 49.6 Å². The van der Waals surface area contributed by atoms with Crippen LogP contribution in [0.2, 0.25) is 0 Å². The summed E-state index contributed by atoms with van der Waals surface area (Å²) in [6.45, 7) is 1.79. The number of hydrogen-bond donors (Lipinski definition) is 1. The molecule has 6 heteroatoms. The van der Waals surface area contributed by atoms with Crippen molar-refractivity contribution < 1.29 is 8.42 Å².